The summed E-state index contributed by atoms with van der Waals surface area (Å²) in [6.07, 6.45) is 0. The Bertz CT molecular complexity index is 3610. The summed E-state index contributed by atoms with van der Waals surface area (Å²) >= 11 is 1.84. The number of furan rings is 1. The Hall–Kier alpha value is -7.73. The minimum atomic E-state index is 0.608. The van der Waals surface area contributed by atoms with Crippen LogP contribution in [0.5, 0.6) is 0 Å². The van der Waals surface area contributed by atoms with Crippen LogP contribution in [-0.4, -0.2) is 15.0 Å². The maximum absolute atomic E-state index is 6.27. The fourth-order valence-electron chi connectivity index (χ4n) is 8.49. The summed E-state index contributed by atoms with van der Waals surface area (Å²) in [7, 11) is 0. The topological polar surface area (TPSA) is 51.8 Å². The van der Waals surface area contributed by atoms with Gasteiger partial charge in [0.2, 0.25) is 0 Å². The van der Waals surface area contributed by atoms with E-state index in [0.29, 0.717) is 17.5 Å². The molecule has 3 aromatic heterocycles. The van der Waals surface area contributed by atoms with Crippen molar-refractivity contribution < 1.29 is 4.42 Å². The minimum Gasteiger partial charge on any atom is -0.456 e. The lowest BCUT2D eigenvalue weighted by atomic mass is 9.97. The molecular weight excluding hydrogens is 751 g/mol. The first-order valence-corrected chi connectivity index (χ1v) is 20.9. The summed E-state index contributed by atoms with van der Waals surface area (Å²) in [5, 5.41) is 7.04. The van der Waals surface area contributed by atoms with Crippen LogP contribution in [0.3, 0.4) is 0 Å². The SMILES string of the molecule is c1ccc(-c2ccc3cccc(-c4nc(-c5ccc(-c6ccc7c(c6)sc6ccccc67)cc5)nc(-c5cccc(-c6ccc7c(c6)oc6ccccc67)c5)n4)c3c2)cc1. The molecule has 0 spiro atoms. The first-order valence-electron chi connectivity index (χ1n) is 20.1. The van der Waals surface area contributed by atoms with Gasteiger partial charge in [0, 0.05) is 47.6 Å². The van der Waals surface area contributed by atoms with Crippen molar-refractivity contribution in [2.45, 2.75) is 0 Å². The minimum absolute atomic E-state index is 0.608. The van der Waals surface area contributed by atoms with Gasteiger partial charge >= 0.3 is 0 Å². The van der Waals surface area contributed by atoms with Gasteiger partial charge in [-0.1, -0.05) is 158 Å². The third kappa shape index (κ3) is 5.95. The van der Waals surface area contributed by atoms with E-state index in [9.17, 15) is 0 Å². The van der Waals surface area contributed by atoms with Gasteiger partial charge < -0.3 is 4.42 Å². The molecule has 0 N–H and O–H groups in total. The number of hydrogen-bond donors (Lipinski definition) is 0. The van der Waals surface area contributed by atoms with E-state index in [4.69, 9.17) is 19.4 Å². The van der Waals surface area contributed by atoms with Crippen LogP contribution in [0.2, 0.25) is 0 Å². The van der Waals surface area contributed by atoms with Crippen LogP contribution < -0.4 is 0 Å². The van der Waals surface area contributed by atoms with Crippen LogP contribution in [0.15, 0.2) is 205 Å². The van der Waals surface area contributed by atoms with Crippen LogP contribution in [0, 0.1) is 0 Å². The number of fused-ring (bicyclic) bond motifs is 7. The van der Waals surface area contributed by atoms with E-state index in [1.165, 1.54) is 25.7 Å². The molecule has 0 aliphatic rings. The third-order valence-corrected chi connectivity index (χ3v) is 12.7. The summed E-state index contributed by atoms with van der Waals surface area (Å²) in [6, 6.07) is 70.5. The summed E-state index contributed by atoms with van der Waals surface area (Å²) in [6.45, 7) is 0. The van der Waals surface area contributed by atoms with Crippen molar-refractivity contribution in [1.29, 1.82) is 0 Å². The Balaban J connectivity index is 0.982. The molecule has 0 aliphatic carbocycles. The molecule has 0 unspecified atom stereocenters. The van der Waals surface area contributed by atoms with Crippen molar-refractivity contribution in [2.75, 3.05) is 0 Å². The first kappa shape index (κ1) is 34.3. The van der Waals surface area contributed by atoms with E-state index < -0.39 is 0 Å². The van der Waals surface area contributed by atoms with E-state index in [1.54, 1.807) is 0 Å². The molecule has 3 heterocycles. The molecule has 0 aliphatic heterocycles. The van der Waals surface area contributed by atoms with Gasteiger partial charge in [0.25, 0.3) is 0 Å². The number of benzene rings is 9. The molecule has 0 saturated carbocycles. The predicted molar refractivity (Wildman–Crippen MR) is 250 cm³/mol. The van der Waals surface area contributed by atoms with Crippen molar-refractivity contribution in [3.05, 3.63) is 200 Å². The molecule has 12 rings (SSSR count). The molecule has 0 saturated heterocycles. The fourth-order valence-corrected chi connectivity index (χ4v) is 9.64. The Kier molecular flexibility index (Phi) is 8.00. The van der Waals surface area contributed by atoms with Crippen LogP contribution >= 0.6 is 11.3 Å². The van der Waals surface area contributed by atoms with Gasteiger partial charge in [-0.3, -0.25) is 0 Å². The van der Waals surface area contributed by atoms with Gasteiger partial charge in [0.05, 0.1) is 0 Å². The Morgan fingerprint density at radius 3 is 1.75 bits per heavy atom. The first-order chi connectivity index (χ1) is 29.7. The fraction of sp³-hybridized carbons (Fsp3) is 0. The van der Waals surface area contributed by atoms with E-state index in [0.717, 1.165) is 77.2 Å². The van der Waals surface area contributed by atoms with Gasteiger partial charge in [0.1, 0.15) is 11.2 Å². The highest BCUT2D eigenvalue weighted by molar-refractivity contribution is 7.25. The molecule has 4 nitrogen and oxygen atoms in total. The second-order valence-corrected chi connectivity index (χ2v) is 16.3. The Labute approximate surface area is 349 Å². The molecular formula is C55H33N3OS. The van der Waals surface area contributed by atoms with Crippen molar-refractivity contribution in [1.82, 2.24) is 15.0 Å². The second kappa shape index (κ2) is 14.0. The summed E-state index contributed by atoms with van der Waals surface area (Å²) < 4.78 is 8.86. The third-order valence-electron chi connectivity index (χ3n) is 11.6. The molecule has 0 bridgehead atoms. The largest absolute Gasteiger partial charge is 0.456 e. The van der Waals surface area contributed by atoms with Crippen molar-refractivity contribution in [3.63, 3.8) is 0 Å². The van der Waals surface area contributed by atoms with Gasteiger partial charge in [-0.2, -0.15) is 0 Å². The predicted octanol–water partition coefficient (Wildman–Crippen LogP) is 15.3. The van der Waals surface area contributed by atoms with E-state index >= 15 is 0 Å². The van der Waals surface area contributed by atoms with E-state index in [-0.39, 0.29) is 0 Å². The average Bonchev–Trinajstić information content (AvgIpc) is 3.89. The van der Waals surface area contributed by atoms with E-state index in [1.807, 2.05) is 35.6 Å². The highest BCUT2D eigenvalue weighted by Gasteiger charge is 2.17. The van der Waals surface area contributed by atoms with Crippen LogP contribution in [-0.2, 0) is 0 Å². The Morgan fingerprint density at radius 2 is 0.867 bits per heavy atom. The van der Waals surface area contributed by atoms with Gasteiger partial charge in [-0.15, -0.1) is 11.3 Å². The number of thiophene rings is 1. The summed E-state index contributed by atoms with van der Waals surface area (Å²) in [4.78, 5) is 15.6. The smallest absolute Gasteiger partial charge is 0.164 e. The molecule has 0 fully saturated rings. The lowest BCUT2D eigenvalue weighted by molar-refractivity contribution is 0.669. The summed E-state index contributed by atoms with van der Waals surface area (Å²) in [5.74, 6) is 1.85. The molecule has 0 radical (unpaired) electrons. The maximum Gasteiger partial charge on any atom is 0.164 e. The summed E-state index contributed by atoms with van der Waals surface area (Å²) in [5.41, 5.74) is 11.3. The van der Waals surface area contributed by atoms with Gasteiger partial charge in [0.15, 0.2) is 17.5 Å². The van der Waals surface area contributed by atoms with Crippen LogP contribution in [0.1, 0.15) is 0 Å². The molecule has 5 heteroatoms. The van der Waals surface area contributed by atoms with Crippen molar-refractivity contribution in [2.24, 2.45) is 0 Å². The zero-order valence-corrected chi connectivity index (χ0v) is 33.0. The van der Waals surface area contributed by atoms with Gasteiger partial charge in [-0.25, -0.2) is 15.0 Å². The number of rotatable bonds is 6. The second-order valence-electron chi connectivity index (χ2n) is 15.2. The molecule has 12 aromatic rings. The molecule has 0 amide bonds. The zero-order valence-electron chi connectivity index (χ0n) is 32.2. The molecule has 9 aromatic carbocycles. The number of nitrogens with zero attached hydrogens (tertiary/aromatic N) is 3. The lowest BCUT2D eigenvalue weighted by Crippen LogP contribution is -2.01. The van der Waals surface area contributed by atoms with Gasteiger partial charge in [-0.05, 0) is 86.6 Å². The Morgan fingerprint density at radius 1 is 0.300 bits per heavy atom. The maximum atomic E-state index is 6.27. The van der Waals surface area contributed by atoms with E-state index in [2.05, 4.69) is 176 Å². The number of aromatic nitrogens is 3. The molecule has 60 heavy (non-hydrogen) atoms. The standard InChI is InChI=1S/C55H33N3OS/c1-2-10-34(11-3-1)39-25-22-36-12-9-17-47(48(36)31-39)55-57-53(37-23-20-35(21-24-37)41-27-29-46-45-16-5-7-19-51(45)60-52(46)33-41)56-54(58-55)42-14-8-13-38(30-42)40-26-28-44-43-15-4-6-18-49(43)59-50(44)32-40/h1-33H. The highest BCUT2D eigenvalue weighted by Crippen LogP contribution is 2.38. The highest BCUT2D eigenvalue weighted by atomic mass is 32.1. The lowest BCUT2D eigenvalue weighted by Gasteiger charge is -2.12. The van der Waals surface area contributed by atoms with Crippen LogP contribution in [0.4, 0.5) is 0 Å². The zero-order chi connectivity index (χ0) is 39.6. The monoisotopic (exact) mass is 783 g/mol. The molecule has 0 atom stereocenters. The van der Waals surface area contributed by atoms with Crippen molar-refractivity contribution >= 4 is 64.2 Å². The van der Waals surface area contributed by atoms with Crippen LogP contribution in [0.25, 0.3) is 120 Å². The number of hydrogen-bond acceptors (Lipinski definition) is 5. The van der Waals surface area contributed by atoms with Crippen molar-refractivity contribution in [3.8, 4) is 67.5 Å². The molecule has 280 valence electrons. The normalized spacial score (nSPS) is 11.7. The quantitative estimate of drug-likeness (QED) is 0.169. The number of para-hydroxylation sites is 1. The average molecular weight is 784 g/mol.